The van der Waals surface area contributed by atoms with Crippen molar-refractivity contribution >= 4 is 17.0 Å². The molecule has 0 aliphatic carbocycles. The first-order valence-corrected chi connectivity index (χ1v) is 8.71. The van der Waals surface area contributed by atoms with E-state index < -0.39 is 0 Å². The summed E-state index contributed by atoms with van der Waals surface area (Å²) in [5, 5.41) is 0. The molecular formula is C21H22BrN5. The maximum atomic E-state index is 4.68. The van der Waals surface area contributed by atoms with Gasteiger partial charge in [0.05, 0.1) is 13.1 Å². The molecule has 0 unspecified atom stereocenters. The summed E-state index contributed by atoms with van der Waals surface area (Å²) in [7, 11) is 4.00. The number of fused-ring (bicyclic) bond motifs is 1. The van der Waals surface area contributed by atoms with Crippen LogP contribution in [0.4, 0.5) is 5.82 Å². The molecule has 27 heavy (non-hydrogen) atoms. The van der Waals surface area contributed by atoms with Gasteiger partial charge in [0.15, 0.2) is 11.8 Å². The van der Waals surface area contributed by atoms with Crippen molar-refractivity contribution in [3.05, 3.63) is 84.4 Å². The van der Waals surface area contributed by atoms with Crippen molar-refractivity contribution in [1.29, 1.82) is 0 Å². The molecule has 0 saturated heterocycles. The van der Waals surface area contributed by atoms with Gasteiger partial charge in [-0.05, 0) is 11.1 Å². The number of nitrogens with zero attached hydrogens (tertiary/aromatic N) is 5. The minimum absolute atomic E-state index is 0. The van der Waals surface area contributed by atoms with Gasteiger partial charge in [-0.1, -0.05) is 65.6 Å². The van der Waals surface area contributed by atoms with Crippen molar-refractivity contribution in [3.63, 3.8) is 0 Å². The van der Waals surface area contributed by atoms with Crippen molar-refractivity contribution in [2.75, 3.05) is 19.0 Å². The Hall–Kier alpha value is -2.73. The fourth-order valence-corrected chi connectivity index (χ4v) is 3.19. The second-order valence-corrected chi connectivity index (χ2v) is 6.61. The van der Waals surface area contributed by atoms with E-state index in [4.69, 9.17) is 0 Å². The number of hydrogen-bond donors (Lipinski definition) is 0. The SMILES string of the molecule is CN(C)c1nc[n+](Cc2ccccc2)c2c1ncn2Cc1ccccc1.[Br-]. The van der Waals surface area contributed by atoms with Crippen LogP contribution in [-0.2, 0) is 13.1 Å². The van der Waals surface area contributed by atoms with E-state index in [1.807, 2.05) is 43.8 Å². The molecule has 2 aromatic carbocycles. The highest BCUT2D eigenvalue weighted by Gasteiger charge is 2.21. The number of anilines is 1. The summed E-state index contributed by atoms with van der Waals surface area (Å²) in [4.78, 5) is 11.3. The molecule has 4 aromatic rings. The van der Waals surface area contributed by atoms with Crippen molar-refractivity contribution in [2.45, 2.75) is 13.1 Å². The van der Waals surface area contributed by atoms with Gasteiger partial charge in [-0.3, -0.25) is 0 Å². The molecule has 0 saturated carbocycles. The Kier molecular flexibility index (Phi) is 5.86. The Labute approximate surface area is 169 Å². The van der Waals surface area contributed by atoms with E-state index in [9.17, 15) is 0 Å². The fraction of sp³-hybridized carbons (Fsp3) is 0.190. The van der Waals surface area contributed by atoms with E-state index in [2.05, 4.69) is 67.6 Å². The zero-order valence-electron chi connectivity index (χ0n) is 15.5. The molecule has 0 fully saturated rings. The van der Waals surface area contributed by atoms with Crippen LogP contribution in [0.5, 0.6) is 0 Å². The monoisotopic (exact) mass is 423 g/mol. The van der Waals surface area contributed by atoms with Crippen LogP contribution in [-0.4, -0.2) is 28.6 Å². The molecule has 6 heteroatoms. The smallest absolute Gasteiger partial charge is 0.261 e. The van der Waals surface area contributed by atoms with Gasteiger partial charge in [-0.15, -0.1) is 0 Å². The van der Waals surface area contributed by atoms with Crippen LogP contribution in [0.2, 0.25) is 0 Å². The second kappa shape index (κ2) is 8.31. The van der Waals surface area contributed by atoms with Gasteiger partial charge in [0.25, 0.3) is 5.65 Å². The lowest BCUT2D eigenvalue weighted by molar-refractivity contribution is -0.667. The molecule has 2 aromatic heterocycles. The number of halogens is 1. The highest BCUT2D eigenvalue weighted by molar-refractivity contribution is 5.81. The van der Waals surface area contributed by atoms with Crippen LogP contribution in [0.1, 0.15) is 11.1 Å². The molecule has 0 N–H and O–H groups in total. The van der Waals surface area contributed by atoms with Crippen LogP contribution in [0, 0.1) is 0 Å². The average molecular weight is 424 g/mol. The first kappa shape index (κ1) is 19.0. The second-order valence-electron chi connectivity index (χ2n) is 6.61. The maximum absolute atomic E-state index is 4.68. The Balaban J connectivity index is 0.00000210. The Bertz CT molecular complexity index is 1010. The topological polar surface area (TPSA) is 37.8 Å². The summed E-state index contributed by atoms with van der Waals surface area (Å²) in [5.41, 5.74) is 4.49. The third kappa shape index (κ3) is 4.01. The Morgan fingerprint density at radius 2 is 1.52 bits per heavy atom. The van der Waals surface area contributed by atoms with Crippen molar-refractivity contribution in [3.8, 4) is 0 Å². The molecule has 0 atom stereocenters. The van der Waals surface area contributed by atoms with Gasteiger partial charge in [0, 0.05) is 14.1 Å². The number of imidazole rings is 1. The third-order valence-corrected chi connectivity index (χ3v) is 4.43. The van der Waals surface area contributed by atoms with E-state index in [0.717, 1.165) is 30.1 Å². The molecule has 0 radical (unpaired) electrons. The predicted octanol–water partition coefficient (Wildman–Crippen LogP) is -0.115. The standard InChI is InChI=1S/C21H22N5.BrH/c1-24(2)20-19-21(25(15-22-19)13-17-9-5-3-6-10-17)26(16-23-20)14-18-11-7-4-8-12-18;/h3-12,15-16H,13-14H2,1-2H3;1H/q+1;/p-1. The highest BCUT2D eigenvalue weighted by atomic mass is 79.9. The van der Waals surface area contributed by atoms with Crippen molar-refractivity contribution in [2.24, 2.45) is 0 Å². The summed E-state index contributed by atoms with van der Waals surface area (Å²) in [6.07, 6.45) is 3.82. The number of hydrogen-bond acceptors (Lipinski definition) is 3. The van der Waals surface area contributed by atoms with E-state index >= 15 is 0 Å². The Morgan fingerprint density at radius 1 is 0.889 bits per heavy atom. The quantitative estimate of drug-likeness (QED) is 0.420. The molecule has 0 aliphatic rings. The molecule has 0 aliphatic heterocycles. The van der Waals surface area contributed by atoms with E-state index in [-0.39, 0.29) is 17.0 Å². The van der Waals surface area contributed by atoms with Gasteiger partial charge in [0.1, 0.15) is 0 Å². The number of aromatic nitrogens is 4. The summed E-state index contributed by atoms with van der Waals surface area (Å²) in [5.74, 6) is 0.885. The van der Waals surface area contributed by atoms with Crippen LogP contribution in [0.25, 0.3) is 11.2 Å². The largest absolute Gasteiger partial charge is 1.00 e. The lowest BCUT2D eigenvalue weighted by Gasteiger charge is -2.11. The molecule has 0 amide bonds. The average Bonchev–Trinajstić information content (AvgIpc) is 3.07. The normalized spacial score (nSPS) is 10.6. The molecular weight excluding hydrogens is 402 g/mol. The van der Waals surface area contributed by atoms with Gasteiger partial charge >= 0.3 is 0 Å². The van der Waals surface area contributed by atoms with E-state index in [1.165, 1.54) is 11.1 Å². The van der Waals surface area contributed by atoms with Gasteiger partial charge in [-0.25, -0.2) is 14.1 Å². The van der Waals surface area contributed by atoms with Crippen LogP contribution in [0.15, 0.2) is 73.3 Å². The minimum atomic E-state index is 0. The summed E-state index contributed by atoms with van der Waals surface area (Å²) in [6, 6.07) is 20.9. The van der Waals surface area contributed by atoms with Crippen LogP contribution < -0.4 is 26.4 Å². The number of benzene rings is 2. The van der Waals surface area contributed by atoms with Crippen molar-refractivity contribution < 1.29 is 21.5 Å². The zero-order valence-corrected chi connectivity index (χ0v) is 17.0. The first-order valence-electron chi connectivity index (χ1n) is 8.71. The van der Waals surface area contributed by atoms with E-state index in [1.54, 1.807) is 0 Å². The maximum Gasteiger partial charge on any atom is 0.261 e. The third-order valence-electron chi connectivity index (χ3n) is 4.43. The molecule has 4 rings (SSSR count). The molecule has 5 nitrogen and oxygen atoms in total. The fourth-order valence-electron chi connectivity index (χ4n) is 3.19. The van der Waals surface area contributed by atoms with Gasteiger partial charge < -0.3 is 21.9 Å². The zero-order chi connectivity index (χ0) is 17.9. The summed E-state index contributed by atoms with van der Waals surface area (Å²) < 4.78 is 4.37. The Morgan fingerprint density at radius 3 is 2.15 bits per heavy atom. The number of rotatable bonds is 5. The van der Waals surface area contributed by atoms with Crippen molar-refractivity contribution in [1.82, 2.24) is 14.5 Å². The molecule has 2 heterocycles. The predicted molar refractivity (Wildman–Crippen MR) is 103 cm³/mol. The highest BCUT2D eigenvalue weighted by Crippen LogP contribution is 2.20. The molecule has 138 valence electrons. The van der Waals surface area contributed by atoms with E-state index in [0.29, 0.717) is 0 Å². The lowest BCUT2D eigenvalue weighted by atomic mass is 10.2. The van der Waals surface area contributed by atoms with Crippen LogP contribution in [0.3, 0.4) is 0 Å². The van der Waals surface area contributed by atoms with Crippen LogP contribution >= 0.6 is 0 Å². The summed E-state index contributed by atoms with van der Waals surface area (Å²) >= 11 is 0. The molecule has 0 spiro atoms. The molecule has 0 bridgehead atoms. The lowest BCUT2D eigenvalue weighted by Crippen LogP contribution is -3.00. The van der Waals surface area contributed by atoms with Gasteiger partial charge in [0.2, 0.25) is 12.1 Å². The summed E-state index contributed by atoms with van der Waals surface area (Å²) in [6.45, 7) is 1.54. The first-order chi connectivity index (χ1) is 12.7. The van der Waals surface area contributed by atoms with Gasteiger partial charge in [-0.2, -0.15) is 0 Å². The minimum Gasteiger partial charge on any atom is -1.00 e.